The summed E-state index contributed by atoms with van der Waals surface area (Å²) in [5.74, 6) is 0. The lowest BCUT2D eigenvalue weighted by molar-refractivity contribution is -0.171. The molecule has 40 nitrogen and oxygen atoms in total. The summed E-state index contributed by atoms with van der Waals surface area (Å²) in [5.41, 5.74) is -1.08. The molecule has 0 radical (unpaired) electrons. The number of hydrogen-bond acceptors (Lipinski definition) is 40. The molecular formula is C100H252Cl8N4O36. The van der Waals surface area contributed by atoms with Gasteiger partial charge in [-0.05, 0) is 48.5 Å². The number of carbonyl (C=O) groups excluding carboxylic acids is 8. The SMILES string of the molecule is C.C.C.C.C.C.C.C.C.C.C.C.C.C.C.C.C.C.C.C.C.C.C.C.C.C.C.C.C.C.C.C.CC(OCCOCCOC(=O)Cl)N(CCOCC(OCCN(C(C)OCCOCCOC(=O)Cl)C(C)OCCOCCOC(=O)Cl)C(COCCNCCOCCOCCOC(=O)Cl)OCCN)C(C)OCCOCCOC(=O)Cl.CCOCCOCCOC(=O)Cl.CCOCCOCCOC(=O)Cl.CCOCCOCCOC(=O)Cl. The Kier molecular flexibility index (Phi) is 344. The zero-order valence-electron chi connectivity index (χ0n) is 67.4. The van der Waals surface area contributed by atoms with E-state index in [1.165, 1.54) is 0 Å². The summed E-state index contributed by atoms with van der Waals surface area (Å²) >= 11 is 40.7. The fourth-order valence-corrected chi connectivity index (χ4v) is 8.74. The van der Waals surface area contributed by atoms with Crippen LogP contribution in [-0.2, 0) is 133 Å². The number of carbonyl (C=O) groups is 8. The van der Waals surface area contributed by atoms with Gasteiger partial charge in [0.1, 0.15) is 90.0 Å². The predicted molar refractivity (Wildman–Crippen MR) is 638 cm³/mol. The van der Waals surface area contributed by atoms with Crippen LogP contribution >= 0.6 is 92.8 Å². The second-order valence-corrected chi connectivity index (χ2v) is 24.1. The van der Waals surface area contributed by atoms with E-state index in [0.29, 0.717) is 132 Å². The van der Waals surface area contributed by atoms with Crippen LogP contribution in [0.15, 0.2) is 0 Å². The Labute approximate surface area is 955 Å². The molecule has 0 aliphatic carbocycles. The molecule has 0 amide bonds. The number of nitrogens with zero attached hydrogens (tertiary/aromatic N) is 2. The molecule has 0 aliphatic heterocycles. The van der Waals surface area contributed by atoms with Crippen molar-refractivity contribution in [2.75, 3.05) is 310 Å². The second kappa shape index (κ2) is 201. The van der Waals surface area contributed by atoms with Gasteiger partial charge in [-0.3, -0.25) is 9.80 Å². The monoisotopic (exact) mass is 2370 g/mol. The van der Waals surface area contributed by atoms with Crippen molar-refractivity contribution in [2.45, 2.75) is 323 Å². The normalized spacial score (nSPS) is 9.91. The summed E-state index contributed by atoms with van der Waals surface area (Å²) in [7, 11) is 0. The first-order valence-corrected chi connectivity index (χ1v) is 40.2. The Morgan fingerprint density at radius 1 is 0.203 bits per heavy atom. The molecule has 0 saturated carbocycles. The first kappa shape index (κ1) is 253. The average Bonchev–Trinajstić information content (AvgIpc) is 0.887. The van der Waals surface area contributed by atoms with E-state index in [0.717, 1.165) is 0 Å². The van der Waals surface area contributed by atoms with Crippen molar-refractivity contribution in [1.29, 1.82) is 0 Å². The predicted octanol–water partition coefficient (Wildman–Crippen LogP) is 29.0. The van der Waals surface area contributed by atoms with Crippen molar-refractivity contribution in [3.05, 3.63) is 0 Å². The lowest BCUT2D eigenvalue weighted by atomic mass is 10.2. The molecule has 0 spiro atoms. The molecule has 6 unspecified atom stereocenters. The maximum Gasteiger partial charge on any atom is 0.403 e. The van der Waals surface area contributed by atoms with E-state index < -0.39 is 80.5 Å². The Morgan fingerprint density at radius 3 is 0.547 bits per heavy atom. The van der Waals surface area contributed by atoms with Crippen LogP contribution in [0.1, 0.15) is 286 Å². The number of rotatable bonds is 80. The number of halogens is 8. The van der Waals surface area contributed by atoms with E-state index in [4.69, 9.17) is 203 Å². The van der Waals surface area contributed by atoms with Gasteiger partial charge in [0.2, 0.25) is 0 Å². The third-order valence-electron chi connectivity index (χ3n) is 13.3. The molecule has 0 aromatic heterocycles. The van der Waals surface area contributed by atoms with E-state index in [1.807, 2.05) is 58.3 Å². The van der Waals surface area contributed by atoms with Crippen LogP contribution in [0.5, 0.6) is 0 Å². The van der Waals surface area contributed by atoms with E-state index >= 15 is 0 Å². The van der Waals surface area contributed by atoms with Gasteiger partial charge in [0, 0.05) is 145 Å². The molecule has 0 heterocycles. The molecular weight excluding hydrogens is 2120 g/mol. The van der Waals surface area contributed by atoms with Crippen molar-refractivity contribution >= 4 is 136 Å². The number of hydrogen-bond donors (Lipinski definition) is 2. The molecule has 944 valence electrons. The summed E-state index contributed by atoms with van der Waals surface area (Å²) < 4.78 is 149. The zero-order valence-corrected chi connectivity index (χ0v) is 73.4. The molecule has 3 N–H and O–H groups in total. The molecule has 148 heavy (non-hydrogen) atoms. The highest BCUT2D eigenvalue weighted by Crippen LogP contribution is 2.15. The van der Waals surface area contributed by atoms with Crippen LogP contribution in [-0.4, -0.2) is 401 Å². The van der Waals surface area contributed by atoms with Crippen molar-refractivity contribution in [1.82, 2.24) is 15.1 Å². The minimum atomic E-state index is -0.927. The summed E-state index contributed by atoms with van der Waals surface area (Å²) in [4.78, 5) is 88.1. The Bertz CT molecular complexity index is 2150. The van der Waals surface area contributed by atoms with Gasteiger partial charge in [-0.15, -0.1) is 0 Å². The van der Waals surface area contributed by atoms with Crippen molar-refractivity contribution in [3.63, 3.8) is 0 Å². The largest absolute Gasteiger partial charge is 0.451 e. The quantitative estimate of drug-likeness (QED) is 0.0247. The van der Waals surface area contributed by atoms with Crippen LogP contribution in [0.4, 0.5) is 38.4 Å². The summed E-state index contributed by atoms with van der Waals surface area (Å²) in [6.45, 7) is 26.3. The molecule has 0 bridgehead atoms. The van der Waals surface area contributed by atoms with Crippen molar-refractivity contribution < 1.29 is 171 Å². The van der Waals surface area contributed by atoms with E-state index in [9.17, 15) is 38.4 Å². The van der Waals surface area contributed by atoms with Crippen molar-refractivity contribution in [3.8, 4) is 0 Å². The first-order valence-electron chi connectivity index (χ1n) is 37.2. The van der Waals surface area contributed by atoms with Gasteiger partial charge < -0.3 is 144 Å². The topological polar surface area (TPSA) is 440 Å². The molecule has 0 aromatic rings. The van der Waals surface area contributed by atoms with Crippen LogP contribution in [0, 0.1) is 0 Å². The van der Waals surface area contributed by atoms with Gasteiger partial charge in [-0.25, -0.2) is 38.4 Å². The van der Waals surface area contributed by atoms with Gasteiger partial charge in [-0.2, -0.15) is 0 Å². The smallest absolute Gasteiger partial charge is 0.403 e. The average molecular weight is 2370 g/mol. The third-order valence-corrected chi connectivity index (χ3v) is 14.2. The van der Waals surface area contributed by atoms with E-state index in [2.05, 4.69) is 33.7 Å². The first-order chi connectivity index (χ1) is 55.9. The highest BCUT2D eigenvalue weighted by atomic mass is 35.5. The molecule has 0 saturated heterocycles. The fourth-order valence-electron chi connectivity index (χ4n) is 8.12. The Hall–Kier alpha value is -2.88. The number of ether oxygens (including phenoxy) is 28. The number of nitrogens with one attached hydrogen (secondary N) is 1. The lowest BCUT2D eigenvalue weighted by Gasteiger charge is -2.35. The zero-order chi connectivity index (χ0) is 87.0. The second-order valence-electron chi connectivity index (χ2n) is 21.7. The highest BCUT2D eigenvalue weighted by molar-refractivity contribution is 6.63. The summed E-state index contributed by atoms with van der Waals surface area (Å²) in [6.07, 6.45) is -3.36. The van der Waals surface area contributed by atoms with Gasteiger partial charge in [0.25, 0.3) is 0 Å². The van der Waals surface area contributed by atoms with Gasteiger partial charge >= 0.3 is 43.4 Å². The number of nitrogens with two attached hydrogens (primary N) is 1. The van der Waals surface area contributed by atoms with E-state index in [-0.39, 0.29) is 416 Å². The minimum absolute atomic E-state index is 0. The molecule has 48 heteroatoms. The molecule has 0 aliphatic rings. The molecule has 0 rings (SSSR count). The minimum Gasteiger partial charge on any atom is -0.451 e. The van der Waals surface area contributed by atoms with Gasteiger partial charge in [0.05, 0.1) is 205 Å². The van der Waals surface area contributed by atoms with Crippen LogP contribution < -0.4 is 11.1 Å². The third kappa shape index (κ3) is 207. The lowest BCUT2D eigenvalue weighted by Crippen LogP contribution is -2.47. The Morgan fingerprint density at radius 2 is 0.358 bits per heavy atom. The van der Waals surface area contributed by atoms with E-state index in [1.54, 1.807) is 0 Å². The summed E-state index contributed by atoms with van der Waals surface area (Å²) in [5, 5.41) is 3.26. The van der Waals surface area contributed by atoms with Gasteiger partial charge in [-0.1, -0.05) is 238 Å². The van der Waals surface area contributed by atoms with Crippen LogP contribution in [0.3, 0.4) is 0 Å². The molecule has 0 aromatic carbocycles. The summed E-state index contributed by atoms with van der Waals surface area (Å²) in [6, 6.07) is 0. The molecule has 0 fully saturated rings. The maximum atomic E-state index is 10.9. The Balaban J connectivity index is -0.0000000463. The van der Waals surface area contributed by atoms with Crippen LogP contribution in [0.25, 0.3) is 0 Å². The van der Waals surface area contributed by atoms with Gasteiger partial charge in [0.15, 0.2) is 0 Å². The van der Waals surface area contributed by atoms with Crippen LogP contribution in [0.2, 0.25) is 0 Å². The maximum absolute atomic E-state index is 10.9. The van der Waals surface area contributed by atoms with Crippen molar-refractivity contribution in [2.24, 2.45) is 5.73 Å². The fraction of sp³-hybridized carbons (Fsp3) is 0.920. The molecule has 6 atom stereocenters. The standard InChI is InChI=1S/C47H85Cl5N4O24.3C7H13ClO4.32CH4/c1-37(70-26-17-64-22-31-77-44(49)58)55(38(2)71-27-18-65-23-32-78-45(50)59)8-13-69-36-42(41(74-10-5-53)35-68-12-7-54-6-11-62-15-16-63-21-30-76-43(48)57)75-14-9-56(39(3)72-28-19-66-24-33-79-46(51)60)40(4)73-29-20-67-25-34-80-47(52)61;3*1-2-10-3-4-11-5-6-12-7(8)9;;;;;;;;;;;;;;;;;;;;;;;;;;;;;;;;/h37-42,54H,5-36,53H2,1-4H3;3*2-6H2,1H3;32*1H4. The highest BCUT2D eigenvalue weighted by Gasteiger charge is 2.28.